The van der Waals surface area contributed by atoms with Crippen molar-refractivity contribution in [1.29, 1.82) is 0 Å². The number of rotatable bonds is 3. The second kappa shape index (κ2) is 5.68. The molecule has 0 saturated carbocycles. The maximum Gasteiger partial charge on any atom is 0.130 e. The zero-order valence-electron chi connectivity index (χ0n) is 11.5. The second-order valence-electron chi connectivity index (χ2n) is 5.20. The number of hydrogen-bond acceptors (Lipinski definition) is 2. The number of halogens is 3. The van der Waals surface area contributed by atoms with Crippen LogP contribution in [0.25, 0.3) is 0 Å². The Balaban J connectivity index is 2.40. The lowest BCUT2D eigenvalue weighted by atomic mass is 9.87. The van der Waals surface area contributed by atoms with Crippen LogP contribution in [0.2, 0.25) is 10.2 Å². The summed E-state index contributed by atoms with van der Waals surface area (Å²) in [6.07, 6.45) is 0.576. The van der Waals surface area contributed by atoms with Gasteiger partial charge in [-0.3, -0.25) is 4.68 Å². The van der Waals surface area contributed by atoms with Crippen molar-refractivity contribution in [3.8, 4) is 0 Å². The highest BCUT2D eigenvalue weighted by atomic mass is 79.9. The van der Waals surface area contributed by atoms with E-state index in [2.05, 4.69) is 21.0 Å². The van der Waals surface area contributed by atoms with Crippen LogP contribution in [0.15, 0.2) is 22.7 Å². The molecule has 1 unspecified atom stereocenters. The molecule has 1 aromatic carbocycles. The van der Waals surface area contributed by atoms with Crippen molar-refractivity contribution in [3.05, 3.63) is 49.7 Å². The quantitative estimate of drug-likeness (QED) is 0.871. The molecule has 1 atom stereocenters. The van der Waals surface area contributed by atoms with E-state index in [1.54, 1.807) is 4.68 Å². The summed E-state index contributed by atoms with van der Waals surface area (Å²) in [6, 6.07) is 5.72. The number of aromatic nitrogens is 2. The number of nitrogens with zero attached hydrogens (tertiary/aromatic N) is 2. The van der Waals surface area contributed by atoms with Crippen LogP contribution in [0, 0.1) is 6.92 Å². The second-order valence-corrected chi connectivity index (χ2v) is 6.88. The number of benzene rings is 1. The first-order chi connectivity index (χ1) is 9.22. The zero-order valence-corrected chi connectivity index (χ0v) is 14.6. The van der Waals surface area contributed by atoms with Crippen LogP contribution in [-0.2, 0) is 19.0 Å². The fourth-order valence-corrected chi connectivity index (χ4v) is 3.42. The van der Waals surface area contributed by atoms with Crippen molar-refractivity contribution in [1.82, 2.24) is 9.78 Å². The molecule has 0 radical (unpaired) electrons. The summed E-state index contributed by atoms with van der Waals surface area (Å²) in [5.41, 5.74) is 8.59. The average Bonchev–Trinajstić information content (AvgIpc) is 2.55. The number of hydrogen-bond donors (Lipinski definition) is 1. The fraction of sp³-hybridized carbons (Fsp3) is 0.357. The molecular weight excluding hydrogens is 361 g/mol. The molecule has 3 nitrogen and oxygen atoms in total. The smallest absolute Gasteiger partial charge is 0.130 e. The van der Waals surface area contributed by atoms with Gasteiger partial charge in [0.2, 0.25) is 0 Å². The first-order valence-electron chi connectivity index (χ1n) is 6.15. The van der Waals surface area contributed by atoms with Gasteiger partial charge < -0.3 is 5.73 Å². The molecule has 0 aliphatic rings. The van der Waals surface area contributed by atoms with E-state index in [0.717, 1.165) is 21.3 Å². The summed E-state index contributed by atoms with van der Waals surface area (Å²) in [6.45, 7) is 3.88. The van der Waals surface area contributed by atoms with Crippen LogP contribution in [-0.4, -0.2) is 9.78 Å². The van der Waals surface area contributed by atoms with Gasteiger partial charge in [0, 0.05) is 27.6 Å². The molecule has 0 amide bonds. The Bertz CT molecular complexity index is 650. The van der Waals surface area contributed by atoms with Crippen LogP contribution in [0.3, 0.4) is 0 Å². The molecule has 6 heteroatoms. The molecular formula is C14H16BrCl2N3. The van der Waals surface area contributed by atoms with E-state index < -0.39 is 5.54 Å². The van der Waals surface area contributed by atoms with Crippen molar-refractivity contribution < 1.29 is 0 Å². The van der Waals surface area contributed by atoms with Gasteiger partial charge in [0.05, 0.1) is 5.69 Å². The van der Waals surface area contributed by atoms with Crippen molar-refractivity contribution in [2.75, 3.05) is 0 Å². The van der Waals surface area contributed by atoms with Crippen LogP contribution in [0.1, 0.15) is 23.7 Å². The molecule has 108 valence electrons. The van der Waals surface area contributed by atoms with Gasteiger partial charge >= 0.3 is 0 Å². The summed E-state index contributed by atoms with van der Waals surface area (Å²) in [7, 11) is 1.82. The van der Waals surface area contributed by atoms with Crippen molar-refractivity contribution in [3.63, 3.8) is 0 Å². The van der Waals surface area contributed by atoms with E-state index in [4.69, 9.17) is 28.9 Å². The molecule has 0 saturated heterocycles. The molecule has 1 aromatic heterocycles. The maximum atomic E-state index is 6.47. The molecule has 2 N–H and O–H groups in total. The Morgan fingerprint density at radius 1 is 1.40 bits per heavy atom. The largest absolute Gasteiger partial charge is 0.321 e. The van der Waals surface area contributed by atoms with E-state index in [0.29, 0.717) is 16.6 Å². The molecule has 2 aromatic rings. The van der Waals surface area contributed by atoms with Gasteiger partial charge in [0.15, 0.2) is 0 Å². The molecule has 0 aliphatic heterocycles. The molecule has 2 rings (SSSR count). The minimum atomic E-state index is -0.616. The predicted molar refractivity (Wildman–Crippen MR) is 87.4 cm³/mol. The van der Waals surface area contributed by atoms with Gasteiger partial charge in [-0.2, -0.15) is 5.10 Å². The summed E-state index contributed by atoms with van der Waals surface area (Å²) in [4.78, 5) is 0. The third-order valence-corrected chi connectivity index (χ3v) is 4.64. The Morgan fingerprint density at radius 2 is 2.05 bits per heavy atom. The van der Waals surface area contributed by atoms with Gasteiger partial charge in [0.1, 0.15) is 5.15 Å². The zero-order chi connectivity index (χ0) is 15.1. The highest BCUT2D eigenvalue weighted by Gasteiger charge is 2.27. The van der Waals surface area contributed by atoms with Crippen molar-refractivity contribution in [2.24, 2.45) is 12.8 Å². The minimum Gasteiger partial charge on any atom is -0.321 e. The van der Waals surface area contributed by atoms with Gasteiger partial charge in [0.25, 0.3) is 0 Å². The summed E-state index contributed by atoms with van der Waals surface area (Å²) < 4.78 is 2.59. The summed E-state index contributed by atoms with van der Waals surface area (Å²) in [5, 5.41) is 5.57. The first kappa shape index (κ1) is 15.8. The number of aryl methyl sites for hydroxylation is 2. The average molecular weight is 377 g/mol. The van der Waals surface area contributed by atoms with Crippen LogP contribution in [0.5, 0.6) is 0 Å². The summed E-state index contributed by atoms with van der Waals surface area (Å²) >= 11 is 16.0. The van der Waals surface area contributed by atoms with Gasteiger partial charge in [-0.1, -0.05) is 45.2 Å². The molecule has 0 fully saturated rings. The minimum absolute atomic E-state index is 0.576. The van der Waals surface area contributed by atoms with E-state index in [-0.39, 0.29) is 0 Å². The van der Waals surface area contributed by atoms with Gasteiger partial charge in [-0.15, -0.1) is 0 Å². The standard InChI is InChI=1S/C14H16BrCl2N3/c1-8-10(13(17)20(3)19-8)7-14(2,18)11-5-4-9(15)6-12(11)16/h4-6H,7,18H2,1-3H3. The lowest BCUT2D eigenvalue weighted by molar-refractivity contribution is 0.490. The SMILES string of the molecule is Cc1nn(C)c(Cl)c1CC(C)(N)c1ccc(Br)cc1Cl. The first-order valence-corrected chi connectivity index (χ1v) is 7.69. The Kier molecular flexibility index (Phi) is 4.50. The van der Waals surface area contributed by atoms with Crippen LogP contribution in [0.4, 0.5) is 0 Å². The lowest BCUT2D eigenvalue weighted by Gasteiger charge is -2.26. The predicted octanol–water partition coefficient (Wildman–Crippen LogP) is 4.21. The number of nitrogens with two attached hydrogens (primary N) is 1. The lowest BCUT2D eigenvalue weighted by Crippen LogP contribution is -2.36. The maximum absolute atomic E-state index is 6.47. The highest BCUT2D eigenvalue weighted by molar-refractivity contribution is 9.10. The fourth-order valence-electron chi connectivity index (χ4n) is 2.29. The molecule has 0 aliphatic carbocycles. The van der Waals surface area contributed by atoms with Gasteiger partial charge in [-0.25, -0.2) is 0 Å². The Labute approximate surface area is 137 Å². The molecule has 0 spiro atoms. The van der Waals surface area contributed by atoms with Crippen molar-refractivity contribution in [2.45, 2.75) is 25.8 Å². The van der Waals surface area contributed by atoms with Crippen molar-refractivity contribution >= 4 is 39.1 Å². The summed E-state index contributed by atoms with van der Waals surface area (Å²) in [5.74, 6) is 0. The molecule has 20 heavy (non-hydrogen) atoms. The third kappa shape index (κ3) is 3.03. The van der Waals surface area contributed by atoms with Crippen LogP contribution >= 0.6 is 39.1 Å². The Morgan fingerprint density at radius 3 is 2.55 bits per heavy atom. The van der Waals surface area contributed by atoms with E-state index in [9.17, 15) is 0 Å². The Hall–Kier alpha value is -0.550. The van der Waals surface area contributed by atoms with E-state index in [1.807, 2.05) is 39.1 Å². The molecule has 0 bridgehead atoms. The van der Waals surface area contributed by atoms with E-state index in [1.165, 1.54) is 0 Å². The topological polar surface area (TPSA) is 43.8 Å². The van der Waals surface area contributed by atoms with Gasteiger partial charge in [-0.05, 0) is 38.0 Å². The van der Waals surface area contributed by atoms with Crippen LogP contribution < -0.4 is 5.73 Å². The highest BCUT2D eigenvalue weighted by Crippen LogP contribution is 2.33. The monoisotopic (exact) mass is 375 g/mol. The third-order valence-electron chi connectivity index (χ3n) is 3.36. The normalized spacial score (nSPS) is 14.3. The molecule has 1 heterocycles. The van der Waals surface area contributed by atoms with E-state index >= 15 is 0 Å².